The summed E-state index contributed by atoms with van der Waals surface area (Å²) in [6.45, 7) is 7.32. The van der Waals surface area contributed by atoms with Gasteiger partial charge in [-0.05, 0) is 27.2 Å². The Hall–Kier alpha value is 0.327. The second-order valence-electron chi connectivity index (χ2n) is 4.29. The Morgan fingerprint density at radius 3 is 1.30 bits per heavy atom. The number of ether oxygens (including phenoxy) is 3. The smallest absolute Gasteiger partial charge is 0.357 e. The molecule has 0 fully saturated rings. The van der Waals surface area contributed by atoms with Gasteiger partial charge in [-0.1, -0.05) is 6.92 Å². The first-order valence-electron chi connectivity index (χ1n) is 6.65. The summed E-state index contributed by atoms with van der Waals surface area (Å²) in [6, 6.07) is 0. The highest BCUT2D eigenvalue weighted by molar-refractivity contribution is 7.83. The number of thiol groups is 1. The van der Waals surface area contributed by atoms with E-state index in [1.54, 1.807) is 42.1 Å². The van der Waals surface area contributed by atoms with E-state index < -0.39 is 27.7 Å². The van der Waals surface area contributed by atoms with Gasteiger partial charge in [0.05, 0.1) is 4.87 Å². The van der Waals surface area contributed by atoms with E-state index in [0.29, 0.717) is 0 Å². The zero-order valence-electron chi connectivity index (χ0n) is 13.4. The van der Waals surface area contributed by atoms with E-state index in [1.807, 2.05) is 6.92 Å². The van der Waals surface area contributed by atoms with E-state index >= 15 is 0 Å². The summed E-state index contributed by atoms with van der Waals surface area (Å²) in [7, 11) is 1.51. The standard InChI is InChI=1S/C12H28O6SSi/c1-8-12(19)20(16-9(2)13-5,17-10(3)14-6)18-11(4)15-7/h9-12,19H,8H2,1-7H3. The normalized spacial score (nSPS) is 21.0. The molecule has 0 aliphatic carbocycles. The molecule has 0 saturated heterocycles. The van der Waals surface area contributed by atoms with Crippen LogP contribution in [0.4, 0.5) is 0 Å². The molecule has 122 valence electrons. The summed E-state index contributed by atoms with van der Waals surface area (Å²) in [5.41, 5.74) is 0. The maximum absolute atomic E-state index is 5.92. The number of methoxy groups -OCH3 is 3. The summed E-state index contributed by atoms with van der Waals surface area (Å²) >= 11 is 4.57. The zero-order valence-corrected chi connectivity index (χ0v) is 15.3. The van der Waals surface area contributed by atoms with E-state index in [9.17, 15) is 0 Å². The summed E-state index contributed by atoms with van der Waals surface area (Å²) < 4.78 is 33.3. The van der Waals surface area contributed by atoms with Gasteiger partial charge in [-0.2, -0.15) is 12.6 Å². The summed E-state index contributed by atoms with van der Waals surface area (Å²) in [6.07, 6.45) is -0.707. The Kier molecular flexibility index (Phi) is 10.3. The van der Waals surface area contributed by atoms with Crippen molar-refractivity contribution in [2.45, 2.75) is 57.9 Å². The highest BCUT2D eigenvalue weighted by Gasteiger charge is 2.51. The van der Waals surface area contributed by atoms with Crippen LogP contribution in [-0.2, 0) is 27.5 Å². The molecule has 8 heteroatoms. The minimum Gasteiger partial charge on any atom is -0.357 e. The average Bonchev–Trinajstić information content (AvgIpc) is 2.45. The fraction of sp³-hybridized carbons (Fsp3) is 1.00. The number of hydrogen-bond acceptors (Lipinski definition) is 7. The van der Waals surface area contributed by atoms with E-state index in [-0.39, 0.29) is 4.87 Å². The van der Waals surface area contributed by atoms with Gasteiger partial charge in [-0.15, -0.1) is 0 Å². The summed E-state index contributed by atoms with van der Waals surface area (Å²) in [5.74, 6) is 0. The van der Waals surface area contributed by atoms with Gasteiger partial charge in [0, 0.05) is 21.3 Å². The topological polar surface area (TPSA) is 55.4 Å². The molecular formula is C12H28O6SSi. The molecular weight excluding hydrogens is 300 g/mol. The van der Waals surface area contributed by atoms with Gasteiger partial charge < -0.3 is 27.5 Å². The van der Waals surface area contributed by atoms with Crippen molar-refractivity contribution in [1.82, 2.24) is 0 Å². The van der Waals surface area contributed by atoms with E-state index in [0.717, 1.165) is 6.42 Å². The molecule has 0 bridgehead atoms. The molecule has 0 rings (SSSR count). The molecule has 6 nitrogen and oxygen atoms in total. The molecule has 0 amide bonds. The van der Waals surface area contributed by atoms with Crippen LogP contribution in [0.15, 0.2) is 0 Å². The fourth-order valence-corrected chi connectivity index (χ4v) is 4.77. The molecule has 0 aromatic carbocycles. The van der Waals surface area contributed by atoms with Crippen LogP contribution in [0.3, 0.4) is 0 Å². The highest BCUT2D eigenvalue weighted by Crippen LogP contribution is 2.27. The van der Waals surface area contributed by atoms with E-state index in [4.69, 9.17) is 27.5 Å². The predicted molar refractivity (Wildman–Crippen MR) is 81.5 cm³/mol. The lowest BCUT2D eigenvalue weighted by Crippen LogP contribution is -2.59. The van der Waals surface area contributed by atoms with Crippen molar-refractivity contribution in [3.63, 3.8) is 0 Å². The lowest BCUT2D eigenvalue weighted by atomic mass is 10.6. The third kappa shape index (κ3) is 6.40. The Labute approximate surface area is 128 Å². The molecule has 20 heavy (non-hydrogen) atoms. The minimum atomic E-state index is -3.16. The minimum absolute atomic E-state index is 0.213. The van der Waals surface area contributed by atoms with Crippen LogP contribution in [0.2, 0.25) is 0 Å². The van der Waals surface area contributed by atoms with Crippen LogP contribution in [0.25, 0.3) is 0 Å². The Balaban J connectivity index is 5.26. The third-order valence-electron chi connectivity index (χ3n) is 2.78. The average molecular weight is 329 g/mol. The Morgan fingerprint density at radius 1 is 0.800 bits per heavy atom. The second-order valence-corrected chi connectivity index (χ2v) is 8.01. The number of hydrogen-bond donors (Lipinski definition) is 1. The molecule has 4 unspecified atom stereocenters. The SMILES string of the molecule is CCC(S)[Si](OC(C)OC)(OC(C)OC)OC(C)OC. The van der Waals surface area contributed by atoms with Gasteiger partial charge in [0.15, 0.2) is 0 Å². The number of rotatable bonds is 11. The quantitative estimate of drug-likeness (QED) is 0.356. The molecule has 0 aliphatic heterocycles. The van der Waals surface area contributed by atoms with Gasteiger partial charge in [0.25, 0.3) is 0 Å². The van der Waals surface area contributed by atoms with Crippen molar-refractivity contribution < 1.29 is 27.5 Å². The molecule has 0 aromatic rings. The van der Waals surface area contributed by atoms with Crippen LogP contribution in [0.1, 0.15) is 34.1 Å². The van der Waals surface area contributed by atoms with Crippen LogP contribution in [0, 0.1) is 0 Å². The molecule has 0 aromatic heterocycles. The van der Waals surface area contributed by atoms with Crippen molar-refractivity contribution in [2.24, 2.45) is 0 Å². The highest BCUT2D eigenvalue weighted by atomic mass is 32.1. The van der Waals surface area contributed by atoms with Crippen LogP contribution in [0.5, 0.6) is 0 Å². The van der Waals surface area contributed by atoms with Gasteiger partial charge in [-0.3, -0.25) is 0 Å². The van der Waals surface area contributed by atoms with E-state index in [1.165, 1.54) is 0 Å². The van der Waals surface area contributed by atoms with Crippen molar-refractivity contribution in [3.8, 4) is 0 Å². The summed E-state index contributed by atoms with van der Waals surface area (Å²) in [4.78, 5) is -0.213. The lowest BCUT2D eigenvalue weighted by molar-refractivity contribution is -0.163. The third-order valence-corrected chi connectivity index (χ3v) is 7.30. The largest absolute Gasteiger partial charge is 0.520 e. The Morgan fingerprint density at radius 2 is 1.10 bits per heavy atom. The Bertz CT molecular complexity index is 227. The summed E-state index contributed by atoms with van der Waals surface area (Å²) in [5, 5.41) is 0. The molecule has 0 N–H and O–H groups in total. The maximum Gasteiger partial charge on any atom is 0.520 e. The molecule has 4 atom stereocenters. The first-order chi connectivity index (χ1) is 9.34. The monoisotopic (exact) mass is 328 g/mol. The van der Waals surface area contributed by atoms with Crippen molar-refractivity contribution in [1.29, 1.82) is 0 Å². The van der Waals surface area contributed by atoms with Crippen molar-refractivity contribution in [3.05, 3.63) is 0 Å². The lowest BCUT2D eigenvalue weighted by Gasteiger charge is -2.37. The van der Waals surface area contributed by atoms with Crippen LogP contribution < -0.4 is 0 Å². The zero-order chi connectivity index (χ0) is 15.8. The van der Waals surface area contributed by atoms with Crippen molar-refractivity contribution in [2.75, 3.05) is 21.3 Å². The maximum atomic E-state index is 5.92. The van der Waals surface area contributed by atoms with Crippen molar-refractivity contribution >= 4 is 21.4 Å². The molecule has 0 aliphatic rings. The molecule has 0 spiro atoms. The first kappa shape index (κ1) is 20.3. The molecule has 0 saturated carbocycles. The fourth-order valence-electron chi connectivity index (χ4n) is 1.41. The molecule has 0 radical (unpaired) electrons. The van der Waals surface area contributed by atoms with Crippen LogP contribution in [-0.4, -0.2) is 53.9 Å². The van der Waals surface area contributed by atoms with Gasteiger partial charge in [0.2, 0.25) is 0 Å². The van der Waals surface area contributed by atoms with Crippen LogP contribution >= 0.6 is 12.6 Å². The van der Waals surface area contributed by atoms with Gasteiger partial charge in [0.1, 0.15) is 18.9 Å². The van der Waals surface area contributed by atoms with E-state index in [2.05, 4.69) is 12.6 Å². The second kappa shape index (κ2) is 10.1. The van der Waals surface area contributed by atoms with Gasteiger partial charge in [-0.25, -0.2) is 0 Å². The van der Waals surface area contributed by atoms with Gasteiger partial charge >= 0.3 is 8.80 Å². The molecule has 0 heterocycles. The first-order valence-corrected chi connectivity index (χ1v) is 8.96. The predicted octanol–water partition coefficient (Wildman–Crippen LogP) is 2.20.